The molecule has 1 aliphatic heterocycles. The van der Waals surface area contributed by atoms with Crippen LogP contribution >= 0.6 is 23.8 Å². The van der Waals surface area contributed by atoms with Gasteiger partial charge in [0, 0.05) is 35.3 Å². The molecule has 3 nitrogen and oxygen atoms in total. The van der Waals surface area contributed by atoms with Gasteiger partial charge < -0.3 is 10.2 Å². The molecule has 0 bridgehead atoms. The minimum absolute atomic E-state index is 0.0543. The van der Waals surface area contributed by atoms with Gasteiger partial charge in [0.15, 0.2) is 10.9 Å². The lowest BCUT2D eigenvalue weighted by Crippen LogP contribution is -2.42. The number of benzene rings is 2. The maximum absolute atomic E-state index is 12.6. The molecule has 0 saturated carbocycles. The molecule has 0 aliphatic carbocycles. The van der Waals surface area contributed by atoms with Gasteiger partial charge in [-0.1, -0.05) is 29.8 Å². The number of aryl methyl sites for hydroxylation is 1. The molecule has 0 radical (unpaired) electrons. The number of nitrogens with one attached hydrogen (secondary N) is 1. The lowest BCUT2D eigenvalue weighted by molar-refractivity contribution is 0.0873. The van der Waals surface area contributed by atoms with Crippen LogP contribution in [-0.4, -0.2) is 28.9 Å². The average molecular weight is 373 g/mol. The average Bonchev–Trinajstić information content (AvgIpc) is 2.64. The smallest absolute Gasteiger partial charge is 0.173 e. The highest BCUT2D eigenvalue weighted by molar-refractivity contribution is 7.80. The number of Topliss-reactive ketones (excluding diaryl/α,β-unsaturated/α-hetero) is 1. The number of piperidine rings is 1. The third-order valence-corrected chi connectivity index (χ3v) is 5.28. The molecule has 130 valence electrons. The van der Waals surface area contributed by atoms with E-state index in [1.807, 2.05) is 18.2 Å². The van der Waals surface area contributed by atoms with Crippen LogP contribution in [0.5, 0.6) is 0 Å². The Labute approximate surface area is 159 Å². The van der Waals surface area contributed by atoms with Crippen molar-refractivity contribution >= 4 is 40.4 Å². The Hall–Kier alpha value is -1.91. The molecule has 25 heavy (non-hydrogen) atoms. The van der Waals surface area contributed by atoms with E-state index >= 15 is 0 Å². The fourth-order valence-electron chi connectivity index (χ4n) is 3.10. The van der Waals surface area contributed by atoms with E-state index in [4.69, 9.17) is 23.8 Å². The van der Waals surface area contributed by atoms with Gasteiger partial charge in [0.05, 0.1) is 0 Å². The molecular weight excluding hydrogens is 352 g/mol. The first kappa shape index (κ1) is 17.9. The van der Waals surface area contributed by atoms with Gasteiger partial charge in [0.2, 0.25) is 0 Å². The first-order valence-corrected chi connectivity index (χ1v) is 9.24. The summed E-state index contributed by atoms with van der Waals surface area (Å²) in [6.07, 6.45) is 1.63. The topological polar surface area (TPSA) is 32.3 Å². The zero-order valence-electron chi connectivity index (χ0n) is 14.2. The molecule has 2 aromatic carbocycles. The number of hydrogen-bond donors (Lipinski definition) is 1. The lowest BCUT2D eigenvalue weighted by Gasteiger charge is -2.33. The Balaban J connectivity index is 1.56. The van der Waals surface area contributed by atoms with Gasteiger partial charge in [-0.15, -0.1) is 0 Å². The molecule has 1 aliphatic rings. The summed E-state index contributed by atoms with van der Waals surface area (Å²) in [6.45, 7) is 3.64. The SMILES string of the molecule is Cc1ccccc1NC(=S)N1CCC(C(=O)c2ccc(Cl)cc2)CC1. The molecule has 3 rings (SSSR count). The van der Waals surface area contributed by atoms with Crippen molar-refractivity contribution in [2.24, 2.45) is 5.92 Å². The van der Waals surface area contributed by atoms with Crippen molar-refractivity contribution in [1.29, 1.82) is 0 Å². The van der Waals surface area contributed by atoms with Crippen molar-refractivity contribution in [3.8, 4) is 0 Å². The van der Waals surface area contributed by atoms with Crippen LogP contribution < -0.4 is 5.32 Å². The van der Waals surface area contributed by atoms with Gasteiger partial charge in [-0.2, -0.15) is 0 Å². The minimum atomic E-state index is 0.0543. The zero-order valence-corrected chi connectivity index (χ0v) is 15.7. The molecule has 0 amide bonds. The van der Waals surface area contributed by atoms with Crippen molar-refractivity contribution < 1.29 is 4.79 Å². The molecule has 1 heterocycles. The summed E-state index contributed by atoms with van der Waals surface area (Å²) in [7, 11) is 0. The Bertz CT molecular complexity index is 768. The molecule has 5 heteroatoms. The number of nitrogens with zero attached hydrogens (tertiary/aromatic N) is 1. The molecule has 2 aromatic rings. The van der Waals surface area contributed by atoms with E-state index in [0.717, 1.165) is 47.9 Å². The second-order valence-electron chi connectivity index (χ2n) is 6.38. The summed E-state index contributed by atoms with van der Waals surface area (Å²) in [5.41, 5.74) is 2.94. The van der Waals surface area contributed by atoms with E-state index in [1.54, 1.807) is 24.3 Å². The van der Waals surface area contributed by atoms with Crippen molar-refractivity contribution in [2.45, 2.75) is 19.8 Å². The van der Waals surface area contributed by atoms with Crippen molar-refractivity contribution in [3.63, 3.8) is 0 Å². The first-order valence-electron chi connectivity index (χ1n) is 8.46. The first-order chi connectivity index (χ1) is 12.0. The van der Waals surface area contributed by atoms with Crippen LogP contribution in [-0.2, 0) is 0 Å². The maximum Gasteiger partial charge on any atom is 0.173 e. The van der Waals surface area contributed by atoms with Gasteiger partial charge in [0.1, 0.15) is 0 Å². The quantitative estimate of drug-likeness (QED) is 0.611. The van der Waals surface area contributed by atoms with Crippen LogP contribution in [0.4, 0.5) is 5.69 Å². The molecule has 0 atom stereocenters. The molecular formula is C20H21ClN2OS. The van der Waals surface area contributed by atoms with E-state index in [9.17, 15) is 4.79 Å². The van der Waals surface area contributed by atoms with Crippen LogP contribution in [0.2, 0.25) is 5.02 Å². The number of hydrogen-bond acceptors (Lipinski definition) is 2. The van der Waals surface area contributed by atoms with Gasteiger partial charge in [0.25, 0.3) is 0 Å². The predicted molar refractivity (Wildman–Crippen MR) is 107 cm³/mol. The highest BCUT2D eigenvalue weighted by atomic mass is 35.5. The second kappa shape index (κ2) is 7.98. The molecule has 0 aromatic heterocycles. The predicted octanol–water partition coefficient (Wildman–Crippen LogP) is 4.94. The maximum atomic E-state index is 12.6. The van der Waals surface area contributed by atoms with Crippen LogP contribution in [0.3, 0.4) is 0 Å². The summed E-state index contributed by atoms with van der Waals surface area (Å²) in [5, 5.41) is 4.70. The molecule has 1 saturated heterocycles. The van der Waals surface area contributed by atoms with Crippen LogP contribution in [0.25, 0.3) is 0 Å². The Kier molecular flexibility index (Phi) is 5.71. The molecule has 0 unspecified atom stereocenters. The van der Waals surface area contributed by atoms with Crippen LogP contribution in [0, 0.1) is 12.8 Å². The highest BCUT2D eigenvalue weighted by Crippen LogP contribution is 2.24. The third kappa shape index (κ3) is 4.39. The summed E-state index contributed by atoms with van der Waals surface area (Å²) in [4.78, 5) is 14.8. The fraction of sp³-hybridized carbons (Fsp3) is 0.300. The van der Waals surface area contributed by atoms with Gasteiger partial charge >= 0.3 is 0 Å². The summed E-state index contributed by atoms with van der Waals surface area (Å²) < 4.78 is 0. The van der Waals surface area contributed by atoms with Gasteiger partial charge in [-0.25, -0.2) is 0 Å². The number of halogens is 1. The van der Waals surface area contributed by atoms with E-state index in [0.29, 0.717) is 5.02 Å². The largest absolute Gasteiger partial charge is 0.349 e. The summed E-state index contributed by atoms with van der Waals surface area (Å²) >= 11 is 11.4. The Morgan fingerprint density at radius 1 is 1.12 bits per heavy atom. The van der Waals surface area contributed by atoms with Crippen LogP contribution in [0.1, 0.15) is 28.8 Å². The number of likely N-dealkylation sites (tertiary alicyclic amines) is 1. The van der Waals surface area contributed by atoms with Crippen LogP contribution in [0.15, 0.2) is 48.5 Å². The van der Waals surface area contributed by atoms with E-state index in [2.05, 4.69) is 23.2 Å². The van der Waals surface area contributed by atoms with Crippen molar-refractivity contribution in [1.82, 2.24) is 4.90 Å². The van der Waals surface area contributed by atoms with Gasteiger partial charge in [-0.3, -0.25) is 4.79 Å². The van der Waals surface area contributed by atoms with E-state index in [1.165, 1.54) is 0 Å². The lowest BCUT2D eigenvalue weighted by atomic mass is 9.89. The van der Waals surface area contributed by atoms with E-state index in [-0.39, 0.29) is 11.7 Å². The second-order valence-corrected chi connectivity index (χ2v) is 7.20. The molecule has 0 spiro atoms. The number of ketones is 1. The Morgan fingerprint density at radius 3 is 2.40 bits per heavy atom. The summed E-state index contributed by atoms with van der Waals surface area (Å²) in [5.74, 6) is 0.257. The third-order valence-electron chi connectivity index (χ3n) is 4.67. The number of anilines is 1. The number of rotatable bonds is 3. The summed E-state index contributed by atoms with van der Waals surface area (Å²) in [6, 6.07) is 15.2. The number of carbonyl (C=O) groups is 1. The number of carbonyl (C=O) groups excluding carboxylic acids is 1. The van der Waals surface area contributed by atoms with Crippen molar-refractivity contribution in [3.05, 3.63) is 64.7 Å². The standard InChI is InChI=1S/C20H21ClN2OS/c1-14-4-2-3-5-18(14)22-20(25)23-12-10-16(11-13-23)19(24)15-6-8-17(21)9-7-15/h2-9,16H,10-13H2,1H3,(H,22,25). The number of para-hydroxylation sites is 1. The van der Waals surface area contributed by atoms with Gasteiger partial charge in [-0.05, 0) is 67.9 Å². The van der Waals surface area contributed by atoms with E-state index < -0.39 is 0 Å². The molecule has 1 N–H and O–H groups in total. The normalized spacial score (nSPS) is 15.0. The monoisotopic (exact) mass is 372 g/mol. The minimum Gasteiger partial charge on any atom is -0.349 e. The zero-order chi connectivity index (χ0) is 17.8. The fourth-order valence-corrected chi connectivity index (χ4v) is 3.52. The highest BCUT2D eigenvalue weighted by Gasteiger charge is 2.26. The molecule has 1 fully saturated rings. The number of thiocarbonyl (C=S) groups is 1. The van der Waals surface area contributed by atoms with Crippen molar-refractivity contribution in [2.75, 3.05) is 18.4 Å². The Morgan fingerprint density at radius 2 is 1.76 bits per heavy atom.